The number of nitrogens with one attached hydrogen (secondary N) is 1. The van der Waals surface area contributed by atoms with Gasteiger partial charge >= 0.3 is 11.7 Å². The molecule has 0 bridgehead atoms. The topological polar surface area (TPSA) is 106 Å². The molecule has 0 saturated heterocycles. The Morgan fingerprint density at radius 2 is 1.68 bits per heavy atom. The van der Waals surface area contributed by atoms with Crippen LogP contribution in [0, 0.1) is 5.82 Å². The van der Waals surface area contributed by atoms with Crippen LogP contribution >= 0.6 is 11.6 Å². The Balaban J connectivity index is 2.07. The fourth-order valence-corrected chi connectivity index (χ4v) is 4.32. The summed E-state index contributed by atoms with van der Waals surface area (Å²) in [7, 11) is 3.88. The number of fused-ring (bicyclic) bond motifs is 1. The molecule has 9 nitrogen and oxygen atoms in total. The lowest BCUT2D eigenvalue weighted by Crippen LogP contribution is -2.32. The summed E-state index contributed by atoms with van der Waals surface area (Å²) < 4.78 is 21.8. The van der Waals surface area contributed by atoms with Gasteiger partial charge in [0.05, 0.1) is 33.2 Å². The number of nitrogens with zero attached hydrogens (tertiary/aromatic N) is 5. The van der Waals surface area contributed by atoms with Crippen LogP contribution in [0.5, 0.6) is 6.01 Å². The summed E-state index contributed by atoms with van der Waals surface area (Å²) in [4.78, 5) is 44.4. The van der Waals surface area contributed by atoms with Crippen LogP contribution < -0.4 is 16.0 Å². The Hall–Kier alpha value is -3.63. The molecule has 1 N–H and O–H groups in total. The average Bonchev–Trinajstić information content (AvgIpc) is 2.84. The maximum atomic E-state index is 14.7. The van der Waals surface area contributed by atoms with Crippen molar-refractivity contribution in [1.82, 2.24) is 29.4 Å². The van der Waals surface area contributed by atoms with Crippen molar-refractivity contribution in [2.75, 3.05) is 27.2 Å². The number of pyridine rings is 1. The van der Waals surface area contributed by atoms with E-state index in [1.54, 1.807) is 12.1 Å². The van der Waals surface area contributed by atoms with Gasteiger partial charge < -0.3 is 9.64 Å². The number of H-pyrrole nitrogens is 1. The van der Waals surface area contributed by atoms with Gasteiger partial charge in [-0.1, -0.05) is 51.4 Å². The smallest absolute Gasteiger partial charge is 0.334 e. The number of hydrogen-bond acceptors (Lipinski definition) is 7. The van der Waals surface area contributed by atoms with Crippen molar-refractivity contribution in [2.45, 2.75) is 39.5 Å². The normalized spacial score (nSPS) is 11.8. The molecular weight excluding hydrogens is 511 g/mol. The van der Waals surface area contributed by atoms with Gasteiger partial charge in [-0.25, -0.2) is 18.7 Å². The Kier molecular flexibility index (Phi) is 7.94. The predicted molar refractivity (Wildman–Crippen MR) is 146 cm³/mol. The van der Waals surface area contributed by atoms with Crippen molar-refractivity contribution >= 4 is 22.6 Å². The number of halogens is 2. The van der Waals surface area contributed by atoms with Gasteiger partial charge in [-0.15, -0.1) is 0 Å². The fourth-order valence-electron chi connectivity index (χ4n) is 4.07. The maximum Gasteiger partial charge on any atom is 0.334 e. The van der Waals surface area contributed by atoms with Crippen molar-refractivity contribution in [2.24, 2.45) is 0 Å². The number of benzene rings is 1. The molecule has 0 fully saturated rings. The third-order valence-corrected chi connectivity index (χ3v) is 6.26. The Bertz CT molecular complexity index is 1580. The molecule has 0 aliphatic rings. The summed E-state index contributed by atoms with van der Waals surface area (Å²) in [5.41, 5.74) is 0.394. The predicted octanol–water partition coefficient (Wildman–Crippen LogP) is 4.51. The Morgan fingerprint density at radius 3 is 2.26 bits per heavy atom. The highest BCUT2D eigenvalue weighted by molar-refractivity contribution is 6.33. The summed E-state index contributed by atoms with van der Waals surface area (Å²) in [6.07, 6.45) is 0. The largest absolute Gasteiger partial charge is 0.462 e. The number of rotatable bonds is 8. The van der Waals surface area contributed by atoms with Gasteiger partial charge in [0.2, 0.25) is 0 Å². The van der Waals surface area contributed by atoms with E-state index < -0.39 is 17.1 Å². The van der Waals surface area contributed by atoms with E-state index in [0.717, 1.165) is 0 Å². The van der Waals surface area contributed by atoms with Crippen molar-refractivity contribution in [1.29, 1.82) is 0 Å². The monoisotopic (exact) mass is 540 g/mol. The zero-order chi connectivity index (χ0) is 27.7. The fraction of sp³-hybridized carbons (Fsp3) is 0.370. The van der Waals surface area contributed by atoms with Crippen LogP contribution in [0.25, 0.3) is 28.0 Å². The van der Waals surface area contributed by atoms with Gasteiger partial charge in [-0.05, 0) is 44.1 Å². The first-order valence-corrected chi connectivity index (χ1v) is 12.7. The summed E-state index contributed by atoms with van der Waals surface area (Å²) >= 11 is 6.46. The molecule has 38 heavy (non-hydrogen) atoms. The second kappa shape index (κ2) is 11.0. The Labute approximate surface area is 224 Å². The number of aromatic amines is 1. The molecule has 11 heteroatoms. The zero-order valence-corrected chi connectivity index (χ0v) is 22.9. The number of ether oxygens (including phenoxy) is 1. The van der Waals surface area contributed by atoms with Crippen LogP contribution in [-0.2, 0) is 0 Å². The molecule has 0 aliphatic carbocycles. The molecule has 200 valence electrons. The lowest BCUT2D eigenvalue weighted by molar-refractivity contribution is 0.243. The van der Waals surface area contributed by atoms with Crippen LogP contribution in [0.1, 0.15) is 50.9 Å². The molecule has 0 amide bonds. The van der Waals surface area contributed by atoms with Crippen LogP contribution in [0.4, 0.5) is 4.39 Å². The van der Waals surface area contributed by atoms with Crippen LogP contribution in [0.3, 0.4) is 0 Å². The molecule has 1 aromatic carbocycles. The molecule has 4 rings (SSSR count). The molecule has 0 unspecified atom stereocenters. The second-order valence-corrected chi connectivity index (χ2v) is 10.3. The Morgan fingerprint density at radius 1 is 1.05 bits per heavy atom. The lowest BCUT2D eigenvalue weighted by Gasteiger charge is -2.21. The van der Waals surface area contributed by atoms with Crippen LogP contribution in [0.2, 0.25) is 5.02 Å². The highest BCUT2D eigenvalue weighted by Crippen LogP contribution is 2.33. The number of aromatic nitrogens is 5. The lowest BCUT2D eigenvalue weighted by atomic mass is 10.0. The standard InChI is InChI=1S/C27H30ClFN6O3/c1-14(2)20-23(21(15(3)4)32-26(31-20)38-12-11-34(5)6)35-24-17(25(36)33-27(35)37)13-18(28)22(30-24)16-9-7-8-10-19(16)29/h7-10,13-15H,11-12H2,1-6H3,(H,33,36,37). The molecule has 0 radical (unpaired) electrons. The van der Waals surface area contributed by atoms with Crippen molar-refractivity contribution < 1.29 is 9.13 Å². The zero-order valence-electron chi connectivity index (χ0n) is 22.2. The van der Waals surface area contributed by atoms with E-state index in [2.05, 4.69) is 19.9 Å². The van der Waals surface area contributed by atoms with E-state index in [1.165, 1.54) is 22.8 Å². The quantitative estimate of drug-likeness (QED) is 0.350. The van der Waals surface area contributed by atoms with E-state index in [9.17, 15) is 14.0 Å². The highest BCUT2D eigenvalue weighted by atomic mass is 35.5. The molecule has 0 atom stereocenters. The van der Waals surface area contributed by atoms with Crippen molar-refractivity contribution in [3.63, 3.8) is 0 Å². The molecule has 4 aromatic rings. The van der Waals surface area contributed by atoms with Crippen LogP contribution in [-0.4, -0.2) is 56.6 Å². The average molecular weight is 541 g/mol. The van der Waals surface area contributed by atoms with Gasteiger partial charge in [0.15, 0.2) is 5.65 Å². The molecular formula is C27H30ClFN6O3. The first kappa shape index (κ1) is 27.4. The third-order valence-electron chi connectivity index (χ3n) is 5.97. The molecule has 3 aromatic heterocycles. The van der Waals surface area contributed by atoms with Gasteiger partial charge in [-0.3, -0.25) is 9.78 Å². The number of hydrogen-bond donors (Lipinski definition) is 1. The molecule has 0 spiro atoms. The highest BCUT2D eigenvalue weighted by Gasteiger charge is 2.26. The summed E-state index contributed by atoms with van der Waals surface area (Å²) in [6, 6.07) is 7.63. The molecule has 3 heterocycles. The number of likely N-dealkylation sites (N-methyl/N-ethyl adjacent to an activating group) is 1. The SMILES string of the molecule is CC(C)c1nc(OCCN(C)C)nc(C(C)C)c1-n1c(=O)[nH]c(=O)c2cc(Cl)c(-c3ccccc3F)nc21. The van der Waals surface area contributed by atoms with Gasteiger partial charge in [-0.2, -0.15) is 9.97 Å². The second-order valence-electron chi connectivity index (χ2n) is 9.85. The maximum absolute atomic E-state index is 14.7. The van der Waals surface area contributed by atoms with Gasteiger partial charge in [0.25, 0.3) is 5.56 Å². The first-order valence-electron chi connectivity index (χ1n) is 12.3. The van der Waals surface area contributed by atoms with E-state index in [0.29, 0.717) is 30.2 Å². The minimum absolute atomic E-state index is 0.0232. The van der Waals surface area contributed by atoms with Gasteiger partial charge in [0, 0.05) is 12.1 Å². The van der Waals surface area contributed by atoms with Crippen molar-refractivity contribution in [3.8, 4) is 23.0 Å². The summed E-state index contributed by atoms with van der Waals surface area (Å²) in [5.74, 6) is -0.823. The van der Waals surface area contributed by atoms with Crippen LogP contribution in [0.15, 0.2) is 39.9 Å². The summed E-state index contributed by atoms with van der Waals surface area (Å²) in [6.45, 7) is 8.81. The summed E-state index contributed by atoms with van der Waals surface area (Å²) in [5, 5.41) is 0.151. The van der Waals surface area contributed by atoms with E-state index >= 15 is 0 Å². The van der Waals surface area contributed by atoms with E-state index in [1.807, 2.05) is 46.7 Å². The molecule has 0 aliphatic heterocycles. The van der Waals surface area contributed by atoms with E-state index in [4.69, 9.17) is 16.3 Å². The third kappa shape index (κ3) is 5.32. The first-order chi connectivity index (χ1) is 18.0. The minimum Gasteiger partial charge on any atom is -0.462 e. The van der Waals surface area contributed by atoms with Gasteiger partial charge in [0.1, 0.15) is 12.4 Å². The van der Waals surface area contributed by atoms with E-state index in [-0.39, 0.29) is 45.2 Å². The van der Waals surface area contributed by atoms with Crippen molar-refractivity contribution in [3.05, 3.63) is 73.4 Å². The minimum atomic E-state index is -0.717. The molecule has 0 saturated carbocycles.